The molecule has 0 aromatic carbocycles. The van der Waals surface area contributed by atoms with Crippen LogP contribution in [0.3, 0.4) is 0 Å². The number of nitrogens with zero attached hydrogens (tertiary/aromatic N) is 2. The fraction of sp³-hybridized carbons (Fsp3) is 0.556. The van der Waals surface area contributed by atoms with Crippen LogP contribution in [0.1, 0.15) is 21.8 Å². The van der Waals surface area contributed by atoms with E-state index < -0.39 is 0 Å². The molecule has 0 rings (SSSR count). The van der Waals surface area contributed by atoms with E-state index in [4.69, 9.17) is 0 Å². The van der Waals surface area contributed by atoms with E-state index >= 15 is 0 Å². The molecule has 0 aromatic heterocycles. The zero-order valence-corrected chi connectivity index (χ0v) is 10.7. The number of rotatable bonds is 5. The summed E-state index contributed by atoms with van der Waals surface area (Å²) in [7, 11) is 1.26. The molecule has 0 heterocycles. The summed E-state index contributed by atoms with van der Waals surface area (Å²) in [6.07, 6.45) is 5.27. The van der Waals surface area contributed by atoms with Gasteiger partial charge in [0.15, 0.2) is 0 Å². The second-order valence-corrected chi connectivity index (χ2v) is 1.67. The number of amides is 4. The van der Waals surface area contributed by atoms with Gasteiger partial charge >= 0.3 is 0 Å². The fourth-order valence-electron chi connectivity index (χ4n) is 0.166. The first-order chi connectivity index (χ1) is 6.15. The zero-order valence-electron chi connectivity index (χ0n) is 7.81. The molecule has 0 fully saturated rings. The van der Waals surface area contributed by atoms with Crippen LogP contribution in [-0.4, -0.2) is 49.0 Å². The van der Waals surface area contributed by atoms with Crippen LogP contribution in [-0.2, 0) is 51.9 Å². The molecule has 0 saturated heterocycles. The van der Waals surface area contributed by atoms with Crippen molar-refractivity contribution < 1.29 is 51.9 Å². The van der Waals surface area contributed by atoms with E-state index in [9.17, 15) is 19.2 Å². The Labute approximate surface area is 122 Å². The summed E-state index contributed by atoms with van der Waals surface area (Å²) < 4.78 is 0. The largest absolute Gasteiger partial charge is 0.639 e. The first kappa shape index (κ1) is 29.5. The van der Waals surface area contributed by atoms with Gasteiger partial charge in [0.05, 0.1) is 0 Å². The number of carbonyl (C=O) groups excluding carboxylic acids is 4. The molecule has 6 nitrogen and oxygen atoms in total. The molecule has 0 aliphatic rings. The summed E-state index contributed by atoms with van der Waals surface area (Å²) in [5.74, 6) is 0. The predicted octanol–water partition coefficient (Wildman–Crippen LogP) is -0.235. The van der Waals surface area contributed by atoms with Gasteiger partial charge in [-0.15, -0.1) is 0 Å². The minimum atomic E-state index is 0. The Balaban J connectivity index is -0.0000000428. The van der Waals surface area contributed by atoms with Gasteiger partial charge in [0, 0.05) is 32.7 Å². The van der Waals surface area contributed by atoms with Gasteiger partial charge in [-0.1, -0.05) is 21.8 Å². The Bertz CT molecular complexity index is 163. The van der Waals surface area contributed by atoms with Gasteiger partial charge in [0.2, 0.25) is 0 Å². The third-order valence-corrected chi connectivity index (χ3v) is 0.810. The predicted molar refractivity (Wildman–Crippen MR) is 56.4 cm³/mol. The summed E-state index contributed by atoms with van der Waals surface area (Å²) in [4.78, 5) is 39.0. The molecular formula is C9H16N2O4Y-4. The van der Waals surface area contributed by atoms with Crippen LogP contribution in [0.2, 0.25) is 0 Å². The first-order valence-electron chi connectivity index (χ1n) is 3.18. The molecule has 0 aromatic rings. The molecule has 93 valence electrons. The molecular weight excluding hydrogens is 289 g/mol. The molecule has 1 radical (unpaired) electrons. The zero-order chi connectivity index (χ0) is 10.7. The molecule has 0 N–H and O–H groups in total. The SMILES string of the molecule is C.C.CCN([C-]=O)[C-]=O.CN([C-]=O)[C-]=O.[Y]. The molecule has 4 amide bonds. The summed E-state index contributed by atoms with van der Waals surface area (Å²) in [5.41, 5.74) is 0. The molecule has 0 bridgehead atoms. The maximum Gasteiger partial charge on any atom is 0 e. The van der Waals surface area contributed by atoms with E-state index in [1.165, 1.54) is 32.7 Å². The molecule has 0 aliphatic carbocycles. The number of hydrogen-bond acceptors (Lipinski definition) is 4. The van der Waals surface area contributed by atoms with Crippen LogP contribution in [0, 0.1) is 0 Å². The van der Waals surface area contributed by atoms with Crippen molar-refractivity contribution in [3.63, 3.8) is 0 Å². The van der Waals surface area contributed by atoms with Gasteiger partial charge in [-0.05, 0) is 13.6 Å². The van der Waals surface area contributed by atoms with E-state index in [0.717, 1.165) is 4.90 Å². The number of hydrogen-bond donors (Lipinski definition) is 0. The third-order valence-electron chi connectivity index (χ3n) is 0.810. The average molecular weight is 305 g/mol. The molecule has 7 heteroatoms. The Morgan fingerprint density at radius 3 is 1.19 bits per heavy atom. The van der Waals surface area contributed by atoms with Crippen molar-refractivity contribution in [2.75, 3.05) is 13.6 Å². The summed E-state index contributed by atoms with van der Waals surface area (Å²) in [6.45, 7) is 2.00. The van der Waals surface area contributed by atoms with E-state index in [2.05, 4.69) is 0 Å². The van der Waals surface area contributed by atoms with E-state index in [1.54, 1.807) is 6.92 Å². The second-order valence-electron chi connectivity index (χ2n) is 1.67. The van der Waals surface area contributed by atoms with Crippen molar-refractivity contribution in [2.45, 2.75) is 21.8 Å². The molecule has 0 atom stereocenters. The Morgan fingerprint density at radius 1 is 0.875 bits per heavy atom. The standard InChI is InChI=1S/C4H5NO2.C3H3NO2.2CH4.Y/c1-2-5(3-6)4-7;1-4(2-5)3-6;;;/h2H2,1H3;1H3;2*1H4;/q2*-2;;;. The Hall–Kier alpha value is -0.616. The van der Waals surface area contributed by atoms with Gasteiger partial charge in [-0.3, -0.25) is 0 Å². The summed E-state index contributed by atoms with van der Waals surface area (Å²) in [5, 5.41) is 0. The average Bonchev–Trinajstić information content (AvgIpc) is 2.20. The minimum Gasteiger partial charge on any atom is -0.639 e. The van der Waals surface area contributed by atoms with Crippen LogP contribution in [0.4, 0.5) is 0 Å². The minimum absolute atomic E-state index is 0. The van der Waals surface area contributed by atoms with Crippen molar-refractivity contribution >= 4 is 25.6 Å². The topological polar surface area (TPSA) is 74.8 Å². The quantitative estimate of drug-likeness (QED) is 0.519. The Kier molecular flexibility index (Phi) is 44.1. The monoisotopic (exact) mass is 305 g/mol. The Morgan fingerprint density at radius 2 is 1.19 bits per heavy atom. The van der Waals surface area contributed by atoms with Crippen LogP contribution >= 0.6 is 0 Å². The maximum atomic E-state index is 9.51. The van der Waals surface area contributed by atoms with Gasteiger partial charge < -0.3 is 29.0 Å². The third kappa shape index (κ3) is 23.3. The fourth-order valence-corrected chi connectivity index (χ4v) is 0.166. The van der Waals surface area contributed by atoms with Gasteiger partial charge in [0.25, 0.3) is 0 Å². The van der Waals surface area contributed by atoms with Gasteiger partial charge in [0.1, 0.15) is 0 Å². The van der Waals surface area contributed by atoms with Crippen molar-refractivity contribution in [2.24, 2.45) is 0 Å². The maximum absolute atomic E-state index is 9.51. The van der Waals surface area contributed by atoms with Crippen molar-refractivity contribution in [1.82, 2.24) is 9.80 Å². The van der Waals surface area contributed by atoms with E-state index in [-0.39, 0.29) is 47.6 Å². The second kappa shape index (κ2) is 23.9. The molecule has 0 unspecified atom stereocenters. The van der Waals surface area contributed by atoms with Crippen LogP contribution in [0.5, 0.6) is 0 Å². The van der Waals surface area contributed by atoms with Crippen LogP contribution < -0.4 is 0 Å². The van der Waals surface area contributed by atoms with Crippen molar-refractivity contribution in [3.05, 3.63) is 0 Å². The smallest absolute Gasteiger partial charge is 0 e. The van der Waals surface area contributed by atoms with Gasteiger partial charge in [-0.2, -0.15) is 25.6 Å². The van der Waals surface area contributed by atoms with Gasteiger partial charge in [-0.25, -0.2) is 0 Å². The molecule has 0 aliphatic heterocycles. The molecule has 0 spiro atoms. The normalized spacial score (nSPS) is 5.88. The molecule has 0 saturated carbocycles. The van der Waals surface area contributed by atoms with Crippen molar-refractivity contribution in [3.8, 4) is 0 Å². The van der Waals surface area contributed by atoms with E-state index in [1.807, 2.05) is 0 Å². The first-order valence-corrected chi connectivity index (χ1v) is 3.18. The number of imide groups is 2. The summed E-state index contributed by atoms with van der Waals surface area (Å²) in [6, 6.07) is 0. The molecule has 16 heavy (non-hydrogen) atoms. The van der Waals surface area contributed by atoms with Crippen LogP contribution in [0.25, 0.3) is 0 Å². The summed E-state index contributed by atoms with van der Waals surface area (Å²) >= 11 is 0. The van der Waals surface area contributed by atoms with E-state index in [0.29, 0.717) is 11.4 Å². The van der Waals surface area contributed by atoms with Crippen molar-refractivity contribution in [1.29, 1.82) is 0 Å². The van der Waals surface area contributed by atoms with Crippen LogP contribution in [0.15, 0.2) is 0 Å².